The Morgan fingerprint density at radius 1 is 1.14 bits per heavy atom. The lowest BCUT2D eigenvalue weighted by molar-refractivity contribution is -0.159. The summed E-state index contributed by atoms with van der Waals surface area (Å²) in [5.41, 5.74) is 6.91. The number of nitrogens with one attached hydrogen (secondary N) is 1. The van der Waals surface area contributed by atoms with Crippen molar-refractivity contribution in [2.45, 2.75) is 44.7 Å². The number of hydrogen-bond acceptors (Lipinski definition) is 6. The molecule has 1 atom stereocenters. The lowest BCUT2D eigenvalue weighted by Gasteiger charge is -2.35. The van der Waals surface area contributed by atoms with Crippen LogP contribution in [0.2, 0.25) is 0 Å². The van der Waals surface area contributed by atoms with Crippen molar-refractivity contribution in [2.75, 3.05) is 20.3 Å². The van der Waals surface area contributed by atoms with E-state index in [4.69, 9.17) is 15.2 Å². The van der Waals surface area contributed by atoms with Crippen LogP contribution in [0.3, 0.4) is 0 Å². The minimum atomic E-state index is -0.737. The van der Waals surface area contributed by atoms with E-state index in [0.717, 1.165) is 17.5 Å². The molecular weight excluding hydrogens is 378 g/mol. The first-order valence-corrected chi connectivity index (χ1v) is 9.55. The largest absolute Gasteiger partial charge is 0.467 e. The van der Waals surface area contributed by atoms with Gasteiger partial charge in [0.2, 0.25) is 0 Å². The number of carbonyl (C=O) groups is 4. The number of methoxy groups -OCH3 is 1. The Morgan fingerprint density at radius 2 is 1.86 bits per heavy atom. The van der Waals surface area contributed by atoms with Gasteiger partial charge in [0, 0.05) is 25.9 Å². The Hall–Kier alpha value is -3.10. The maximum Gasteiger partial charge on any atom is 0.328 e. The molecule has 0 saturated heterocycles. The van der Waals surface area contributed by atoms with Crippen LogP contribution in [0.1, 0.15) is 36.8 Å². The average molecular weight is 405 g/mol. The summed E-state index contributed by atoms with van der Waals surface area (Å²) in [6, 6.07) is 6.27. The van der Waals surface area contributed by atoms with Gasteiger partial charge in [-0.15, -0.1) is 0 Å². The Kier molecular flexibility index (Phi) is 8.45. The molecule has 3 N–H and O–H groups in total. The predicted octanol–water partition coefficient (Wildman–Crippen LogP) is 0.885. The Balaban J connectivity index is 1.81. The first-order chi connectivity index (χ1) is 13.9. The van der Waals surface area contributed by atoms with Crippen LogP contribution in [0.5, 0.6) is 0 Å². The van der Waals surface area contributed by atoms with Gasteiger partial charge in [-0.25, -0.2) is 9.59 Å². The van der Waals surface area contributed by atoms with Crippen molar-refractivity contribution >= 4 is 23.9 Å². The van der Waals surface area contributed by atoms with Gasteiger partial charge in [0.1, 0.15) is 6.04 Å². The summed E-state index contributed by atoms with van der Waals surface area (Å²) in [7, 11) is 1.28. The normalized spacial score (nSPS) is 15.2. The van der Waals surface area contributed by atoms with Crippen LogP contribution in [-0.4, -0.2) is 55.1 Å². The Labute approximate surface area is 169 Å². The van der Waals surface area contributed by atoms with Crippen molar-refractivity contribution in [1.82, 2.24) is 10.2 Å². The van der Waals surface area contributed by atoms with E-state index in [9.17, 15) is 19.2 Å². The number of ether oxygens (including phenoxy) is 2. The number of amides is 3. The van der Waals surface area contributed by atoms with Gasteiger partial charge in [0.15, 0.2) is 6.61 Å². The van der Waals surface area contributed by atoms with Gasteiger partial charge < -0.3 is 25.4 Å². The molecule has 0 unspecified atom stereocenters. The quantitative estimate of drug-likeness (QED) is 0.464. The van der Waals surface area contributed by atoms with E-state index in [-0.39, 0.29) is 13.0 Å². The molecule has 0 bridgehead atoms. The summed E-state index contributed by atoms with van der Waals surface area (Å²) in [6.45, 7) is 0.297. The number of rotatable bonds is 9. The first-order valence-electron chi connectivity index (χ1n) is 9.55. The van der Waals surface area contributed by atoms with Gasteiger partial charge in [-0.3, -0.25) is 9.59 Å². The smallest absolute Gasteiger partial charge is 0.328 e. The highest BCUT2D eigenvalue weighted by atomic mass is 16.5. The average Bonchev–Trinajstić information content (AvgIpc) is 2.72. The molecule has 9 nitrogen and oxygen atoms in total. The second kappa shape index (κ2) is 11.0. The number of urea groups is 1. The minimum Gasteiger partial charge on any atom is -0.467 e. The maximum absolute atomic E-state index is 12.6. The molecule has 29 heavy (non-hydrogen) atoms. The number of carbonyl (C=O) groups excluding carboxylic acids is 4. The van der Waals surface area contributed by atoms with E-state index in [1.807, 2.05) is 24.3 Å². The number of nitrogens with zero attached hydrogens (tertiary/aromatic N) is 1. The van der Waals surface area contributed by atoms with Crippen molar-refractivity contribution in [1.29, 1.82) is 0 Å². The summed E-state index contributed by atoms with van der Waals surface area (Å²) in [5.74, 6) is -1.41. The molecule has 3 amide bonds. The van der Waals surface area contributed by atoms with Crippen LogP contribution in [-0.2, 0) is 36.8 Å². The summed E-state index contributed by atoms with van der Waals surface area (Å²) < 4.78 is 9.92. The van der Waals surface area contributed by atoms with Crippen LogP contribution >= 0.6 is 0 Å². The molecule has 1 aromatic rings. The third-order valence-corrected chi connectivity index (χ3v) is 4.76. The predicted molar refractivity (Wildman–Crippen MR) is 104 cm³/mol. The molecule has 1 heterocycles. The summed E-state index contributed by atoms with van der Waals surface area (Å²) >= 11 is 0. The highest BCUT2D eigenvalue weighted by molar-refractivity contribution is 5.87. The first kappa shape index (κ1) is 22.2. The second-order valence-electron chi connectivity index (χ2n) is 6.80. The zero-order chi connectivity index (χ0) is 21.2. The monoisotopic (exact) mass is 405 g/mol. The van der Waals surface area contributed by atoms with Gasteiger partial charge >= 0.3 is 18.0 Å². The van der Waals surface area contributed by atoms with Crippen LogP contribution in [0.25, 0.3) is 0 Å². The van der Waals surface area contributed by atoms with E-state index in [1.165, 1.54) is 12.0 Å². The minimum absolute atomic E-state index is 0.174. The third kappa shape index (κ3) is 6.78. The molecule has 0 fully saturated rings. The number of esters is 2. The van der Waals surface area contributed by atoms with Crippen molar-refractivity contribution in [3.8, 4) is 0 Å². The topological polar surface area (TPSA) is 128 Å². The Bertz CT molecular complexity index is 751. The number of fused-ring (bicyclic) bond motifs is 1. The number of unbranched alkanes of at least 4 members (excludes halogenated alkanes) is 2. The highest BCUT2D eigenvalue weighted by Gasteiger charge is 2.35. The summed E-state index contributed by atoms with van der Waals surface area (Å²) in [5, 5.41) is 2.47. The Morgan fingerprint density at radius 3 is 2.55 bits per heavy atom. The number of hydrogen-bond donors (Lipinski definition) is 2. The lowest BCUT2D eigenvalue weighted by atomic mass is 9.94. The maximum atomic E-state index is 12.6. The van der Waals surface area contributed by atoms with Crippen molar-refractivity contribution in [2.24, 2.45) is 5.73 Å². The fourth-order valence-corrected chi connectivity index (χ4v) is 3.21. The highest BCUT2D eigenvalue weighted by Crippen LogP contribution is 2.24. The molecule has 158 valence electrons. The zero-order valence-corrected chi connectivity index (χ0v) is 16.5. The van der Waals surface area contributed by atoms with E-state index in [2.05, 4.69) is 5.32 Å². The van der Waals surface area contributed by atoms with Crippen molar-refractivity contribution in [3.05, 3.63) is 35.4 Å². The van der Waals surface area contributed by atoms with Gasteiger partial charge in [0.05, 0.1) is 7.11 Å². The molecule has 0 spiro atoms. The molecule has 1 aromatic carbocycles. The molecular formula is C20H27N3O6. The van der Waals surface area contributed by atoms with Gasteiger partial charge in [-0.05, 0) is 24.0 Å². The van der Waals surface area contributed by atoms with E-state index >= 15 is 0 Å². The second-order valence-corrected chi connectivity index (χ2v) is 6.80. The van der Waals surface area contributed by atoms with Gasteiger partial charge in [-0.2, -0.15) is 0 Å². The molecule has 9 heteroatoms. The summed E-state index contributed by atoms with van der Waals surface area (Å²) in [4.78, 5) is 48.6. The lowest BCUT2D eigenvalue weighted by Crippen LogP contribution is -2.50. The van der Waals surface area contributed by atoms with Crippen LogP contribution in [0.15, 0.2) is 24.3 Å². The van der Waals surface area contributed by atoms with E-state index < -0.39 is 36.5 Å². The van der Waals surface area contributed by atoms with Crippen LogP contribution < -0.4 is 11.1 Å². The number of nitrogens with two attached hydrogens (primary N) is 1. The van der Waals surface area contributed by atoms with Gasteiger partial charge in [0.25, 0.3) is 5.91 Å². The zero-order valence-electron chi connectivity index (χ0n) is 16.5. The third-order valence-electron chi connectivity index (χ3n) is 4.76. The van der Waals surface area contributed by atoms with Crippen LogP contribution in [0.4, 0.5) is 4.79 Å². The fourth-order valence-electron chi connectivity index (χ4n) is 3.21. The molecule has 1 aliphatic heterocycles. The number of benzene rings is 1. The van der Waals surface area contributed by atoms with E-state index in [0.29, 0.717) is 25.8 Å². The molecule has 1 aliphatic rings. The molecule has 0 aliphatic carbocycles. The molecule has 2 rings (SSSR count). The number of primary amides is 1. The van der Waals surface area contributed by atoms with Crippen molar-refractivity contribution in [3.63, 3.8) is 0 Å². The molecule has 0 saturated carbocycles. The van der Waals surface area contributed by atoms with Gasteiger partial charge in [-0.1, -0.05) is 30.7 Å². The SMILES string of the molecule is COC(=O)[C@H]1Cc2ccccc2CN1C(=O)COC(=O)CCCCCNC(N)=O. The van der Waals surface area contributed by atoms with E-state index in [1.54, 1.807) is 0 Å². The van der Waals surface area contributed by atoms with Crippen LogP contribution in [0, 0.1) is 0 Å². The summed E-state index contributed by atoms with van der Waals surface area (Å²) in [6.07, 6.45) is 2.53. The fraction of sp³-hybridized carbons (Fsp3) is 0.500. The standard InChI is InChI=1S/C20H27N3O6/c1-28-19(26)16-11-14-7-4-5-8-15(14)12-23(16)17(24)13-29-18(25)9-3-2-6-10-22-20(21)27/h4-5,7-8,16H,2-3,6,9-13H2,1H3,(H3,21,22,27)/t16-/m1/s1. The molecule has 0 radical (unpaired) electrons. The van der Waals surface area contributed by atoms with Crippen molar-refractivity contribution < 1.29 is 28.7 Å². The molecule has 0 aromatic heterocycles.